The van der Waals surface area contributed by atoms with Crippen LogP contribution in [-0.2, 0) is 4.79 Å². The van der Waals surface area contributed by atoms with Gasteiger partial charge in [0.1, 0.15) is 0 Å². The Balaban J connectivity index is 2.20. The SMILES string of the molecule is CC(C(=O)O)c1cccc([AsH]c2ccccc2)c1. The van der Waals surface area contributed by atoms with Crippen molar-refractivity contribution in [3.63, 3.8) is 0 Å². The Kier molecular flexibility index (Phi) is 4.22. The summed E-state index contributed by atoms with van der Waals surface area (Å²) in [7, 11) is 0. The van der Waals surface area contributed by atoms with E-state index in [1.54, 1.807) is 6.92 Å². The molecule has 18 heavy (non-hydrogen) atoms. The van der Waals surface area contributed by atoms with Crippen LogP contribution in [0.1, 0.15) is 18.4 Å². The predicted molar refractivity (Wildman–Crippen MR) is 75.4 cm³/mol. The number of aliphatic carboxylic acids is 1. The summed E-state index contributed by atoms with van der Waals surface area (Å²) in [6.45, 7) is 1.73. The minimum absolute atomic E-state index is 0.371. The van der Waals surface area contributed by atoms with E-state index in [2.05, 4.69) is 18.2 Å². The van der Waals surface area contributed by atoms with Gasteiger partial charge in [-0.1, -0.05) is 0 Å². The van der Waals surface area contributed by atoms with E-state index in [4.69, 9.17) is 5.11 Å². The third-order valence-electron chi connectivity index (χ3n) is 2.82. The monoisotopic (exact) mass is 302 g/mol. The third kappa shape index (κ3) is 3.24. The fraction of sp³-hybridized carbons (Fsp3) is 0.133. The predicted octanol–water partition coefficient (Wildman–Crippen LogP) is 1.26. The normalized spacial score (nSPS) is 12.7. The van der Waals surface area contributed by atoms with Gasteiger partial charge >= 0.3 is 113 Å². The number of rotatable bonds is 4. The standard InChI is InChI=1S/C15H15AsO2/c1-11(15(17)18)12-6-5-9-14(10-12)16-13-7-3-2-4-8-13/h2-11,16H,1H3,(H,17,18). The number of carboxylic acids is 1. The van der Waals surface area contributed by atoms with E-state index in [0.717, 1.165) is 5.56 Å². The van der Waals surface area contributed by atoms with Crippen LogP contribution in [0.4, 0.5) is 0 Å². The molecule has 0 aliphatic rings. The molecular formula is C15H15AsO2. The second-order valence-corrected chi connectivity index (χ2v) is 7.12. The van der Waals surface area contributed by atoms with E-state index >= 15 is 0 Å². The van der Waals surface area contributed by atoms with E-state index < -0.39 is 11.9 Å². The van der Waals surface area contributed by atoms with E-state index in [0.29, 0.717) is 0 Å². The van der Waals surface area contributed by atoms with E-state index in [-0.39, 0.29) is 15.8 Å². The molecule has 0 aliphatic heterocycles. The Bertz CT molecular complexity index is 537. The summed E-state index contributed by atoms with van der Waals surface area (Å²) in [5.74, 6) is -1.21. The zero-order valence-corrected chi connectivity index (χ0v) is 12.2. The van der Waals surface area contributed by atoms with Crippen molar-refractivity contribution in [1.82, 2.24) is 0 Å². The van der Waals surface area contributed by atoms with Gasteiger partial charge in [0.15, 0.2) is 0 Å². The minimum atomic E-state index is -0.771. The fourth-order valence-corrected chi connectivity index (χ4v) is 4.05. The Morgan fingerprint density at radius 2 is 1.72 bits per heavy atom. The van der Waals surface area contributed by atoms with E-state index in [1.807, 2.05) is 36.4 Å². The zero-order chi connectivity index (χ0) is 13.0. The second-order valence-electron chi connectivity index (χ2n) is 4.18. The summed E-state index contributed by atoms with van der Waals surface area (Å²) in [5, 5.41) is 9.03. The van der Waals surface area contributed by atoms with Crippen LogP contribution < -0.4 is 8.70 Å². The molecule has 2 rings (SSSR count). The zero-order valence-electron chi connectivity index (χ0n) is 10.1. The van der Waals surface area contributed by atoms with Gasteiger partial charge < -0.3 is 0 Å². The molecule has 0 aliphatic carbocycles. The fourth-order valence-electron chi connectivity index (χ4n) is 1.72. The van der Waals surface area contributed by atoms with Crippen molar-refractivity contribution in [2.24, 2.45) is 0 Å². The van der Waals surface area contributed by atoms with Crippen LogP contribution in [0.2, 0.25) is 0 Å². The van der Waals surface area contributed by atoms with Crippen molar-refractivity contribution in [1.29, 1.82) is 0 Å². The number of hydrogen-bond donors (Lipinski definition) is 1. The first kappa shape index (κ1) is 12.9. The summed E-state index contributed by atoms with van der Waals surface area (Å²) in [5.41, 5.74) is 0.889. The van der Waals surface area contributed by atoms with Crippen LogP contribution in [-0.4, -0.2) is 26.8 Å². The Morgan fingerprint density at radius 1 is 1.06 bits per heavy atom. The molecule has 3 heteroatoms. The first-order valence-electron chi connectivity index (χ1n) is 5.81. The van der Waals surface area contributed by atoms with Crippen LogP contribution in [0.25, 0.3) is 0 Å². The molecule has 0 saturated heterocycles. The van der Waals surface area contributed by atoms with Crippen molar-refractivity contribution in [3.8, 4) is 0 Å². The van der Waals surface area contributed by atoms with Gasteiger partial charge in [-0.25, -0.2) is 0 Å². The molecule has 0 saturated carbocycles. The molecule has 92 valence electrons. The number of carbonyl (C=O) groups is 1. The molecule has 2 unspecified atom stereocenters. The maximum absolute atomic E-state index is 11.0. The van der Waals surface area contributed by atoms with Crippen molar-refractivity contribution < 1.29 is 9.90 Å². The van der Waals surface area contributed by atoms with Crippen LogP contribution in [0, 0.1) is 0 Å². The topological polar surface area (TPSA) is 37.3 Å². The van der Waals surface area contributed by atoms with Gasteiger partial charge in [0, 0.05) is 0 Å². The van der Waals surface area contributed by atoms with Crippen molar-refractivity contribution in [2.45, 2.75) is 12.8 Å². The summed E-state index contributed by atoms with van der Waals surface area (Å²) >= 11 is -0.371. The number of benzene rings is 2. The van der Waals surface area contributed by atoms with Gasteiger partial charge in [-0.15, -0.1) is 0 Å². The third-order valence-corrected chi connectivity index (χ3v) is 5.38. The van der Waals surface area contributed by atoms with Gasteiger partial charge in [-0.2, -0.15) is 0 Å². The first-order valence-corrected chi connectivity index (χ1v) is 7.91. The van der Waals surface area contributed by atoms with Gasteiger partial charge in [0.05, 0.1) is 0 Å². The van der Waals surface area contributed by atoms with E-state index in [1.165, 1.54) is 8.70 Å². The van der Waals surface area contributed by atoms with Crippen molar-refractivity contribution in [2.75, 3.05) is 0 Å². The van der Waals surface area contributed by atoms with Crippen LogP contribution >= 0.6 is 0 Å². The molecule has 0 amide bonds. The molecule has 2 aromatic carbocycles. The molecule has 0 spiro atoms. The van der Waals surface area contributed by atoms with Gasteiger partial charge in [0.25, 0.3) is 0 Å². The van der Waals surface area contributed by atoms with Crippen molar-refractivity contribution in [3.05, 3.63) is 60.2 Å². The number of carboxylic acid groups (broad SMARTS) is 1. The molecule has 2 atom stereocenters. The Morgan fingerprint density at radius 3 is 2.39 bits per heavy atom. The first-order chi connectivity index (χ1) is 8.66. The molecular weight excluding hydrogens is 287 g/mol. The number of hydrogen-bond acceptors (Lipinski definition) is 1. The van der Waals surface area contributed by atoms with Crippen LogP contribution in [0.5, 0.6) is 0 Å². The van der Waals surface area contributed by atoms with Crippen LogP contribution in [0.3, 0.4) is 0 Å². The summed E-state index contributed by atoms with van der Waals surface area (Å²) in [6, 6.07) is 18.3. The summed E-state index contributed by atoms with van der Waals surface area (Å²) in [6.07, 6.45) is 0. The van der Waals surface area contributed by atoms with E-state index in [9.17, 15) is 4.79 Å². The average molecular weight is 302 g/mol. The van der Waals surface area contributed by atoms with Gasteiger partial charge in [-0.05, 0) is 0 Å². The van der Waals surface area contributed by atoms with Crippen LogP contribution in [0.15, 0.2) is 54.6 Å². The molecule has 2 aromatic rings. The molecule has 0 aromatic heterocycles. The summed E-state index contributed by atoms with van der Waals surface area (Å²) in [4.78, 5) is 11.0. The quantitative estimate of drug-likeness (QED) is 0.864. The Labute approximate surface area is 113 Å². The maximum atomic E-state index is 11.0. The molecule has 0 heterocycles. The average Bonchev–Trinajstić information content (AvgIpc) is 2.39. The van der Waals surface area contributed by atoms with Gasteiger partial charge in [0.2, 0.25) is 0 Å². The van der Waals surface area contributed by atoms with Gasteiger partial charge in [-0.3, -0.25) is 0 Å². The molecule has 2 nitrogen and oxygen atoms in total. The molecule has 0 radical (unpaired) electrons. The second kappa shape index (κ2) is 5.88. The van der Waals surface area contributed by atoms with Crippen molar-refractivity contribution >= 4 is 30.4 Å². The molecule has 0 bridgehead atoms. The molecule has 0 fully saturated rings. The Hall–Kier alpha value is -1.53. The molecule has 1 N–H and O–H groups in total. The summed E-state index contributed by atoms with van der Waals surface area (Å²) < 4.78 is 2.63.